The fourth-order valence-electron chi connectivity index (χ4n) is 2.08. The molecule has 0 fully saturated rings. The van der Waals surface area contributed by atoms with Crippen LogP contribution in [0.5, 0.6) is 0 Å². The maximum absolute atomic E-state index is 11.8. The van der Waals surface area contributed by atoms with Crippen molar-refractivity contribution in [2.24, 2.45) is 0 Å². The molecule has 0 bridgehead atoms. The highest BCUT2D eigenvalue weighted by atomic mass is 16.6. The van der Waals surface area contributed by atoms with Gasteiger partial charge in [-0.15, -0.1) is 0 Å². The van der Waals surface area contributed by atoms with Crippen molar-refractivity contribution in [1.29, 1.82) is 0 Å². The minimum absolute atomic E-state index is 0.132. The largest absolute Gasteiger partial charge is 0.462 e. The predicted molar refractivity (Wildman–Crippen MR) is 76.4 cm³/mol. The normalized spacial score (nSPS) is 10.9. The summed E-state index contributed by atoms with van der Waals surface area (Å²) in [6, 6.07) is 5.56. The Morgan fingerprint density at radius 3 is 2.90 bits per heavy atom. The molecular formula is C14H19N3O3. The van der Waals surface area contributed by atoms with Crippen molar-refractivity contribution < 1.29 is 14.3 Å². The Kier molecular flexibility index (Phi) is 4.57. The van der Waals surface area contributed by atoms with Crippen molar-refractivity contribution >= 4 is 22.7 Å². The van der Waals surface area contributed by atoms with Crippen LogP contribution < -0.4 is 5.73 Å². The van der Waals surface area contributed by atoms with Gasteiger partial charge in [0, 0.05) is 13.5 Å². The lowest BCUT2D eigenvalue weighted by molar-refractivity contribution is -0.145. The molecule has 2 aromatic rings. The number of ether oxygens (including phenoxy) is 2. The number of carbonyl (C=O) groups excluding carboxylic acids is 1. The zero-order chi connectivity index (χ0) is 14.5. The number of methoxy groups -OCH3 is 1. The zero-order valence-corrected chi connectivity index (χ0v) is 11.8. The lowest BCUT2D eigenvalue weighted by Gasteiger charge is -2.08. The third-order valence-corrected chi connectivity index (χ3v) is 3.04. The Hall–Kier alpha value is -2.08. The van der Waals surface area contributed by atoms with E-state index in [1.807, 2.05) is 23.6 Å². The van der Waals surface area contributed by atoms with Crippen LogP contribution in [0.25, 0.3) is 11.0 Å². The first-order valence-corrected chi connectivity index (χ1v) is 6.55. The average Bonchev–Trinajstić information content (AvgIpc) is 2.79. The molecule has 0 atom stereocenters. The second-order valence-electron chi connectivity index (χ2n) is 4.40. The van der Waals surface area contributed by atoms with E-state index in [9.17, 15) is 4.79 Å². The second kappa shape index (κ2) is 6.38. The van der Waals surface area contributed by atoms with Gasteiger partial charge in [0.15, 0.2) is 0 Å². The highest BCUT2D eigenvalue weighted by Crippen LogP contribution is 2.22. The van der Waals surface area contributed by atoms with Crippen LogP contribution in [0.1, 0.15) is 12.7 Å². The highest BCUT2D eigenvalue weighted by molar-refractivity contribution is 5.88. The van der Waals surface area contributed by atoms with Crippen molar-refractivity contribution in [3.8, 4) is 0 Å². The average molecular weight is 277 g/mol. The number of fused-ring (bicyclic) bond motifs is 1. The number of hydrogen-bond donors (Lipinski definition) is 1. The molecule has 2 N–H and O–H groups in total. The summed E-state index contributed by atoms with van der Waals surface area (Å²) in [5.74, 6) is 0.514. The number of aromatic nitrogens is 2. The molecule has 1 heterocycles. The van der Waals surface area contributed by atoms with Crippen molar-refractivity contribution in [3.63, 3.8) is 0 Å². The molecule has 108 valence electrons. The summed E-state index contributed by atoms with van der Waals surface area (Å²) in [7, 11) is 1.56. The molecule has 0 spiro atoms. The Balaban J connectivity index is 2.24. The summed E-state index contributed by atoms with van der Waals surface area (Å²) < 4.78 is 11.8. The first-order chi connectivity index (χ1) is 9.67. The standard InChI is InChI=1S/C14H19N3O3/c1-3-12-16-14-10(15)5-4-6-11(14)17(12)9-13(18)20-8-7-19-2/h4-6H,3,7-9,15H2,1-2H3. The van der Waals surface area contributed by atoms with Gasteiger partial charge in [0.05, 0.1) is 17.8 Å². The quantitative estimate of drug-likeness (QED) is 0.490. The van der Waals surface area contributed by atoms with Crippen LogP contribution in [0.3, 0.4) is 0 Å². The van der Waals surface area contributed by atoms with Gasteiger partial charge in [0.25, 0.3) is 0 Å². The van der Waals surface area contributed by atoms with E-state index in [0.717, 1.165) is 23.3 Å². The summed E-state index contributed by atoms with van der Waals surface area (Å²) in [5, 5.41) is 0. The van der Waals surface area contributed by atoms with Crippen molar-refractivity contribution in [1.82, 2.24) is 9.55 Å². The van der Waals surface area contributed by atoms with E-state index in [-0.39, 0.29) is 19.1 Å². The zero-order valence-electron chi connectivity index (χ0n) is 11.8. The van der Waals surface area contributed by atoms with Gasteiger partial charge in [0.1, 0.15) is 24.5 Å². The molecule has 0 aliphatic rings. The number of nitrogens with zero attached hydrogens (tertiary/aromatic N) is 2. The summed E-state index contributed by atoms with van der Waals surface area (Å²) in [6.45, 7) is 2.77. The van der Waals surface area contributed by atoms with Gasteiger partial charge in [-0.25, -0.2) is 4.98 Å². The van der Waals surface area contributed by atoms with E-state index in [1.54, 1.807) is 13.2 Å². The fraction of sp³-hybridized carbons (Fsp3) is 0.429. The maximum Gasteiger partial charge on any atom is 0.326 e. The van der Waals surface area contributed by atoms with Gasteiger partial charge in [0.2, 0.25) is 0 Å². The molecule has 1 aromatic carbocycles. The number of hydrogen-bond acceptors (Lipinski definition) is 5. The van der Waals surface area contributed by atoms with Gasteiger partial charge < -0.3 is 19.8 Å². The number of rotatable bonds is 6. The molecule has 0 saturated heterocycles. The number of aryl methyl sites for hydroxylation is 1. The Labute approximate surface area is 117 Å². The van der Waals surface area contributed by atoms with Crippen LogP contribution in [-0.4, -0.2) is 35.8 Å². The Morgan fingerprint density at radius 1 is 1.40 bits per heavy atom. The number of esters is 1. The molecular weight excluding hydrogens is 258 g/mol. The SMILES string of the molecule is CCc1nc2c(N)cccc2n1CC(=O)OCCOC. The van der Waals surface area contributed by atoms with Crippen LogP contribution in [0.15, 0.2) is 18.2 Å². The van der Waals surface area contributed by atoms with E-state index in [4.69, 9.17) is 15.2 Å². The molecule has 0 unspecified atom stereocenters. The molecule has 6 heteroatoms. The topological polar surface area (TPSA) is 79.4 Å². The molecule has 0 aliphatic heterocycles. The van der Waals surface area contributed by atoms with Gasteiger partial charge in [-0.05, 0) is 12.1 Å². The van der Waals surface area contributed by atoms with Gasteiger partial charge in [-0.2, -0.15) is 0 Å². The molecule has 0 amide bonds. The first kappa shape index (κ1) is 14.3. The third kappa shape index (κ3) is 2.91. The van der Waals surface area contributed by atoms with Gasteiger partial charge in [-0.1, -0.05) is 13.0 Å². The lowest BCUT2D eigenvalue weighted by atomic mass is 10.3. The number of imidazole rings is 1. The molecule has 6 nitrogen and oxygen atoms in total. The summed E-state index contributed by atoms with van der Waals surface area (Å²) >= 11 is 0. The second-order valence-corrected chi connectivity index (χ2v) is 4.40. The van der Waals surface area contributed by atoms with E-state index >= 15 is 0 Å². The Bertz CT molecular complexity index is 607. The number of para-hydroxylation sites is 1. The Morgan fingerprint density at radius 2 is 2.20 bits per heavy atom. The molecule has 0 aliphatic carbocycles. The fourth-order valence-corrected chi connectivity index (χ4v) is 2.08. The van der Waals surface area contributed by atoms with E-state index in [1.165, 1.54) is 0 Å². The van der Waals surface area contributed by atoms with Gasteiger partial charge in [-0.3, -0.25) is 4.79 Å². The lowest BCUT2D eigenvalue weighted by Crippen LogP contribution is -2.17. The van der Waals surface area contributed by atoms with E-state index in [2.05, 4.69) is 4.98 Å². The molecule has 0 saturated carbocycles. The van der Waals surface area contributed by atoms with E-state index < -0.39 is 0 Å². The maximum atomic E-state index is 11.8. The molecule has 20 heavy (non-hydrogen) atoms. The summed E-state index contributed by atoms with van der Waals surface area (Å²) in [6.07, 6.45) is 0.722. The van der Waals surface area contributed by atoms with Crippen molar-refractivity contribution in [2.45, 2.75) is 19.9 Å². The number of carbonyl (C=O) groups is 1. The number of benzene rings is 1. The van der Waals surface area contributed by atoms with Crippen LogP contribution in [0, 0.1) is 0 Å². The van der Waals surface area contributed by atoms with E-state index in [0.29, 0.717) is 12.3 Å². The van der Waals surface area contributed by atoms with Crippen LogP contribution in [0.2, 0.25) is 0 Å². The minimum Gasteiger partial charge on any atom is -0.462 e. The smallest absolute Gasteiger partial charge is 0.326 e. The highest BCUT2D eigenvalue weighted by Gasteiger charge is 2.14. The monoisotopic (exact) mass is 277 g/mol. The van der Waals surface area contributed by atoms with Crippen LogP contribution in [-0.2, 0) is 27.2 Å². The first-order valence-electron chi connectivity index (χ1n) is 6.55. The van der Waals surface area contributed by atoms with Crippen molar-refractivity contribution in [3.05, 3.63) is 24.0 Å². The summed E-state index contributed by atoms with van der Waals surface area (Å²) in [4.78, 5) is 16.3. The molecule has 2 rings (SSSR count). The minimum atomic E-state index is -0.307. The third-order valence-electron chi connectivity index (χ3n) is 3.04. The molecule has 0 radical (unpaired) electrons. The number of nitrogens with two attached hydrogens (primary N) is 1. The van der Waals surface area contributed by atoms with Crippen molar-refractivity contribution in [2.75, 3.05) is 26.1 Å². The molecule has 1 aromatic heterocycles. The number of nitrogen functional groups attached to an aromatic ring is 1. The summed E-state index contributed by atoms with van der Waals surface area (Å²) in [5.41, 5.74) is 8.11. The number of anilines is 1. The van der Waals surface area contributed by atoms with Crippen LogP contribution >= 0.6 is 0 Å². The predicted octanol–water partition coefficient (Wildman–Crippen LogP) is 1.37. The van der Waals surface area contributed by atoms with Crippen LogP contribution in [0.4, 0.5) is 5.69 Å². The van der Waals surface area contributed by atoms with Gasteiger partial charge >= 0.3 is 5.97 Å².